The summed E-state index contributed by atoms with van der Waals surface area (Å²) >= 11 is 6.30. The zero-order chi connectivity index (χ0) is 26.2. The van der Waals surface area contributed by atoms with Crippen molar-refractivity contribution in [3.05, 3.63) is 77.3 Å². The van der Waals surface area contributed by atoms with Gasteiger partial charge in [0.1, 0.15) is 6.54 Å². The number of hydrogen-bond acceptors (Lipinski definition) is 5. The number of nitrogens with zero attached hydrogens (tertiary/aromatic N) is 5. The van der Waals surface area contributed by atoms with E-state index < -0.39 is 0 Å². The smallest absolute Gasteiger partial charge is 0.242 e. The Morgan fingerprint density at radius 3 is 2.38 bits per heavy atom. The first-order chi connectivity index (χ1) is 17.9. The van der Waals surface area contributed by atoms with E-state index in [2.05, 4.69) is 15.1 Å². The van der Waals surface area contributed by atoms with E-state index in [0.717, 1.165) is 35.6 Å². The molecule has 0 spiro atoms. The van der Waals surface area contributed by atoms with Crippen LogP contribution in [0.5, 0.6) is 0 Å². The van der Waals surface area contributed by atoms with Gasteiger partial charge in [-0.1, -0.05) is 74.0 Å². The third-order valence-corrected chi connectivity index (χ3v) is 6.78. The number of carbonyl (C=O) groups excluding carboxylic acids is 2. The van der Waals surface area contributed by atoms with Crippen LogP contribution < -0.4 is 4.90 Å². The van der Waals surface area contributed by atoms with Gasteiger partial charge in [-0.05, 0) is 36.1 Å². The molecular weight excluding hydrogens is 486 g/mol. The Labute approximate surface area is 224 Å². The molecule has 4 rings (SSSR count). The molecule has 1 fully saturated rings. The standard InChI is InChI=1S/C29H34ClN5O2/c1-22(2)19-28(36)35(20-23-9-4-3-5-10-23)21-29(37)34-16-8-15-33(17-18-34)27-14-13-26(31-32-27)24-11-6-7-12-25(24)30/h3-7,9-14,22H,8,15-21H2,1-2H3. The Bertz CT molecular complexity index is 1190. The number of hydrogen-bond donors (Lipinski definition) is 0. The van der Waals surface area contributed by atoms with E-state index in [1.807, 2.05) is 85.5 Å². The largest absolute Gasteiger partial charge is 0.353 e. The van der Waals surface area contributed by atoms with Crippen molar-refractivity contribution in [3.8, 4) is 11.3 Å². The van der Waals surface area contributed by atoms with Crippen LogP contribution in [0.2, 0.25) is 5.02 Å². The summed E-state index contributed by atoms with van der Waals surface area (Å²) in [6, 6.07) is 21.3. The summed E-state index contributed by atoms with van der Waals surface area (Å²) < 4.78 is 0. The lowest BCUT2D eigenvalue weighted by atomic mass is 10.1. The van der Waals surface area contributed by atoms with Crippen LogP contribution in [-0.4, -0.2) is 64.5 Å². The lowest BCUT2D eigenvalue weighted by molar-refractivity contribution is -0.141. The Morgan fingerprint density at radius 2 is 1.68 bits per heavy atom. The van der Waals surface area contributed by atoms with Crippen molar-refractivity contribution < 1.29 is 9.59 Å². The minimum absolute atomic E-state index is 0.0116. The third kappa shape index (κ3) is 7.29. The van der Waals surface area contributed by atoms with Gasteiger partial charge in [0.2, 0.25) is 11.8 Å². The van der Waals surface area contributed by atoms with Crippen molar-refractivity contribution in [1.82, 2.24) is 20.0 Å². The highest BCUT2D eigenvalue weighted by Gasteiger charge is 2.24. The van der Waals surface area contributed by atoms with E-state index in [1.54, 1.807) is 4.90 Å². The van der Waals surface area contributed by atoms with Crippen molar-refractivity contribution in [2.24, 2.45) is 5.92 Å². The molecular formula is C29H34ClN5O2. The van der Waals surface area contributed by atoms with Crippen molar-refractivity contribution in [2.75, 3.05) is 37.6 Å². The molecule has 1 saturated heterocycles. The first-order valence-electron chi connectivity index (χ1n) is 12.8. The molecule has 0 radical (unpaired) electrons. The van der Waals surface area contributed by atoms with Crippen LogP contribution in [-0.2, 0) is 16.1 Å². The summed E-state index contributed by atoms with van der Waals surface area (Å²) in [5, 5.41) is 9.47. The number of amides is 2. The van der Waals surface area contributed by atoms with Crippen LogP contribution in [0.3, 0.4) is 0 Å². The summed E-state index contributed by atoms with van der Waals surface area (Å²) in [5.74, 6) is 1.01. The minimum Gasteiger partial charge on any atom is -0.353 e. The second-order valence-electron chi connectivity index (χ2n) is 9.81. The molecule has 1 aliphatic heterocycles. The number of benzene rings is 2. The number of anilines is 1. The number of aromatic nitrogens is 2. The lowest BCUT2D eigenvalue weighted by Crippen LogP contribution is -2.44. The molecule has 0 atom stereocenters. The second-order valence-corrected chi connectivity index (χ2v) is 10.2. The monoisotopic (exact) mass is 519 g/mol. The average molecular weight is 520 g/mol. The van der Waals surface area contributed by atoms with Gasteiger partial charge in [-0.3, -0.25) is 9.59 Å². The predicted molar refractivity (Wildman–Crippen MR) is 147 cm³/mol. The molecule has 37 heavy (non-hydrogen) atoms. The van der Waals surface area contributed by atoms with E-state index in [1.165, 1.54) is 0 Å². The van der Waals surface area contributed by atoms with Gasteiger partial charge >= 0.3 is 0 Å². The van der Waals surface area contributed by atoms with Crippen molar-refractivity contribution in [1.29, 1.82) is 0 Å². The van der Waals surface area contributed by atoms with E-state index >= 15 is 0 Å². The van der Waals surface area contributed by atoms with Crippen LogP contribution in [0.25, 0.3) is 11.3 Å². The SMILES string of the molecule is CC(C)CC(=O)N(CC(=O)N1CCCN(c2ccc(-c3ccccc3Cl)nn2)CC1)Cc1ccccc1. The molecule has 7 nitrogen and oxygen atoms in total. The number of carbonyl (C=O) groups is 2. The Hall–Kier alpha value is -3.45. The zero-order valence-electron chi connectivity index (χ0n) is 21.5. The Kier molecular flexibility index (Phi) is 9.12. The molecule has 0 aliphatic carbocycles. The summed E-state index contributed by atoms with van der Waals surface area (Å²) in [6.45, 7) is 7.23. The number of halogens is 1. The maximum Gasteiger partial charge on any atom is 0.242 e. The van der Waals surface area contributed by atoms with Gasteiger partial charge in [0, 0.05) is 44.7 Å². The van der Waals surface area contributed by atoms with Gasteiger partial charge in [-0.25, -0.2) is 0 Å². The Morgan fingerprint density at radius 1 is 0.919 bits per heavy atom. The van der Waals surface area contributed by atoms with Crippen molar-refractivity contribution >= 4 is 29.2 Å². The van der Waals surface area contributed by atoms with Crippen LogP contribution in [0.1, 0.15) is 32.3 Å². The molecule has 0 unspecified atom stereocenters. The van der Waals surface area contributed by atoms with Gasteiger partial charge in [0.05, 0.1) is 10.7 Å². The Balaban J connectivity index is 1.38. The molecule has 0 N–H and O–H groups in total. The van der Waals surface area contributed by atoms with Crippen LogP contribution in [0.4, 0.5) is 5.82 Å². The summed E-state index contributed by atoms with van der Waals surface area (Å²) in [5.41, 5.74) is 2.60. The van der Waals surface area contributed by atoms with Crippen LogP contribution >= 0.6 is 11.6 Å². The van der Waals surface area contributed by atoms with Crippen LogP contribution in [0, 0.1) is 5.92 Å². The highest BCUT2D eigenvalue weighted by molar-refractivity contribution is 6.33. The fraction of sp³-hybridized carbons (Fsp3) is 0.379. The van der Waals surface area contributed by atoms with E-state index in [4.69, 9.17) is 11.6 Å². The molecule has 194 valence electrons. The first kappa shape index (κ1) is 26.6. The fourth-order valence-corrected chi connectivity index (χ4v) is 4.71. The van der Waals surface area contributed by atoms with Crippen molar-refractivity contribution in [2.45, 2.75) is 33.2 Å². The molecule has 1 aliphatic rings. The van der Waals surface area contributed by atoms with E-state index in [9.17, 15) is 9.59 Å². The molecule has 0 saturated carbocycles. The topological polar surface area (TPSA) is 69.6 Å². The molecule has 2 amide bonds. The van der Waals surface area contributed by atoms with Gasteiger partial charge < -0.3 is 14.7 Å². The molecule has 8 heteroatoms. The molecule has 2 aromatic carbocycles. The summed E-state index contributed by atoms with van der Waals surface area (Å²) in [4.78, 5) is 32.0. The molecule has 2 heterocycles. The van der Waals surface area contributed by atoms with Gasteiger partial charge in [-0.2, -0.15) is 0 Å². The first-order valence-corrected chi connectivity index (χ1v) is 13.2. The van der Waals surface area contributed by atoms with E-state index in [-0.39, 0.29) is 24.3 Å². The molecule has 0 bridgehead atoms. The quantitative estimate of drug-likeness (QED) is 0.423. The van der Waals surface area contributed by atoms with Gasteiger partial charge in [-0.15, -0.1) is 10.2 Å². The van der Waals surface area contributed by atoms with Crippen LogP contribution in [0.15, 0.2) is 66.7 Å². The third-order valence-electron chi connectivity index (χ3n) is 6.45. The summed E-state index contributed by atoms with van der Waals surface area (Å²) in [7, 11) is 0. The number of rotatable bonds is 8. The van der Waals surface area contributed by atoms with Crippen molar-refractivity contribution in [3.63, 3.8) is 0 Å². The highest BCUT2D eigenvalue weighted by atomic mass is 35.5. The van der Waals surface area contributed by atoms with Gasteiger partial charge in [0.25, 0.3) is 0 Å². The zero-order valence-corrected chi connectivity index (χ0v) is 22.3. The average Bonchev–Trinajstić information content (AvgIpc) is 3.15. The van der Waals surface area contributed by atoms with Gasteiger partial charge in [0.15, 0.2) is 5.82 Å². The minimum atomic E-state index is -0.0185. The molecule has 3 aromatic rings. The predicted octanol–water partition coefficient (Wildman–Crippen LogP) is 4.91. The fourth-order valence-electron chi connectivity index (χ4n) is 4.48. The van der Waals surface area contributed by atoms with E-state index in [0.29, 0.717) is 37.6 Å². The maximum absolute atomic E-state index is 13.3. The lowest BCUT2D eigenvalue weighted by Gasteiger charge is -2.27. The highest BCUT2D eigenvalue weighted by Crippen LogP contribution is 2.26. The second kappa shape index (κ2) is 12.7. The maximum atomic E-state index is 13.3. The summed E-state index contributed by atoms with van der Waals surface area (Å²) in [6.07, 6.45) is 1.25. The normalized spacial score (nSPS) is 13.9. The molecule has 1 aromatic heterocycles.